The van der Waals surface area contributed by atoms with Gasteiger partial charge in [0, 0.05) is 0 Å². The summed E-state index contributed by atoms with van der Waals surface area (Å²) in [4.78, 5) is 0. The molecule has 0 atom stereocenters. The van der Waals surface area contributed by atoms with Crippen molar-refractivity contribution in [1.82, 2.24) is 0 Å². The van der Waals surface area contributed by atoms with Gasteiger partial charge in [-0.15, -0.1) is 0 Å². The van der Waals surface area contributed by atoms with Gasteiger partial charge in [-0.25, -0.2) is 0 Å². The lowest BCUT2D eigenvalue weighted by molar-refractivity contribution is 0.198. The summed E-state index contributed by atoms with van der Waals surface area (Å²) in [7, 11) is 0. The van der Waals surface area contributed by atoms with Crippen LogP contribution in [0.1, 0.15) is 54.0 Å². The Morgan fingerprint density at radius 3 is 1.78 bits per heavy atom. The average Bonchev–Trinajstić information content (AvgIpc) is 2.17. The summed E-state index contributed by atoms with van der Waals surface area (Å²) in [6, 6.07) is 6.22. The van der Waals surface area contributed by atoms with Crippen molar-refractivity contribution in [1.29, 1.82) is 0 Å². The van der Waals surface area contributed by atoms with Crippen LogP contribution in [0.15, 0.2) is 18.2 Å². The molecule has 102 valence electrons. The van der Waals surface area contributed by atoms with Crippen LogP contribution >= 0.6 is 0 Å². The highest BCUT2D eigenvalue weighted by Gasteiger charge is 2.17. The van der Waals surface area contributed by atoms with Crippen molar-refractivity contribution in [2.24, 2.45) is 0 Å². The van der Waals surface area contributed by atoms with Gasteiger partial charge in [-0.2, -0.15) is 0 Å². The summed E-state index contributed by atoms with van der Waals surface area (Å²) in [6.45, 7) is 14.7. The number of hydrogen-bond acceptors (Lipinski definition) is 2. The lowest BCUT2D eigenvalue weighted by Crippen LogP contribution is -2.14. The molecule has 0 aliphatic rings. The van der Waals surface area contributed by atoms with Crippen LogP contribution in [-0.4, -0.2) is 12.2 Å². The highest BCUT2D eigenvalue weighted by molar-refractivity contribution is 5.45. The zero-order chi connectivity index (χ0) is 13.9. The minimum Gasteiger partial charge on any atom is -0.487 e. The van der Waals surface area contributed by atoms with Crippen LogP contribution in [0.25, 0.3) is 0 Å². The molecular weight excluding hydrogens is 224 g/mol. The molecule has 0 bridgehead atoms. The van der Waals surface area contributed by atoms with Gasteiger partial charge in [-0.3, -0.25) is 0 Å². The summed E-state index contributed by atoms with van der Waals surface area (Å²) in [5.41, 5.74) is 1.38. The first-order valence-corrected chi connectivity index (χ1v) is 6.68. The molecule has 1 aromatic carbocycles. The van der Waals surface area contributed by atoms with Crippen molar-refractivity contribution in [3.8, 4) is 11.5 Å². The average molecular weight is 250 g/mol. The van der Waals surface area contributed by atoms with Crippen molar-refractivity contribution in [2.45, 2.75) is 66.1 Å². The Morgan fingerprint density at radius 1 is 0.833 bits per heavy atom. The van der Waals surface area contributed by atoms with E-state index in [9.17, 15) is 0 Å². The molecule has 1 aromatic rings. The molecule has 0 saturated heterocycles. The lowest BCUT2D eigenvalue weighted by Gasteiger charge is -2.23. The van der Waals surface area contributed by atoms with E-state index in [1.807, 2.05) is 33.8 Å². The Balaban J connectivity index is 3.12. The standard InChI is InChI=1S/C16H26O2/c1-11(2)17-14-9-8-13(16(5,6)7)10-15(14)18-12(3)4/h8-12H,1-7H3. The fourth-order valence-corrected chi connectivity index (χ4v) is 1.67. The predicted octanol–water partition coefficient (Wildman–Crippen LogP) is 4.56. The van der Waals surface area contributed by atoms with E-state index in [-0.39, 0.29) is 17.6 Å². The van der Waals surface area contributed by atoms with Gasteiger partial charge in [0.05, 0.1) is 12.2 Å². The van der Waals surface area contributed by atoms with Crippen LogP contribution in [0.4, 0.5) is 0 Å². The van der Waals surface area contributed by atoms with Gasteiger partial charge in [-0.05, 0) is 50.8 Å². The molecule has 0 heterocycles. The smallest absolute Gasteiger partial charge is 0.161 e. The van der Waals surface area contributed by atoms with Gasteiger partial charge < -0.3 is 9.47 Å². The first kappa shape index (κ1) is 14.9. The predicted molar refractivity (Wildman–Crippen MR) is 76.7 cm³/mol. The maximum Gasteiger partial charge on any atom is 0.161 e. The molecule has 0 N–H and O–H groups in total. The molecule has 2 heteroatoms. The molecule has 0 aliphatic heterocycles. The van der Waals surface area contributed by atoms with Gasteiger partial charge >= 0.3 is 0 Å². The molecule has 0 saturated carbocycles. The van der Waals surface area contributed by atoms with Crippen molar-refractivity contribution < 1.29 is 9.47 Å². The molecule has 0 amide bonds. The number of hydrogen-bond donors (Lipinski definition) is 0. The summed E-state index contributed by atoms with van der Waals surface area (Å²) >= 11 is 0. The third-order valence-corrected chi connectivity index (χ3v) is 2.54. The van der Waals surface area contributed by atoms with Crippen molar-refractivity contribution in [3.63, 3.8) is 0 Å². The van der Waals surface area contributed by atoms with Gasteiger partial charge in [-0.1, -0.05) is 26.8 Å². The van der Waals surface area contributed by atoms with E-state index >= 15 is 0 Å². The van der Waals surface area contributed by atoms with E-state index in [1.165, 1.54) is 5.56 Å². The van der Waals surface area contributed by atoms with Gasteiger partial charge in [0.25, 0.3) is 0 Å². The van der Waals surface area contributed by atoms with E-state index in [4.69, 9.17) is 9.47 Å². The first-order chi connectivity index (χ1) is 8.20. The van der Waals surface area contributed by atoms with Crippen molar-refractivity contribution in [3.05, 3.63) is 23.8 Å². The molecule has 0 aromatic heterocycles. The quantitative estimate of drug-likeness (QED) is 0.780. The largest absolute Gasteiger partial charge is 0.487 e. The first-order valence-electron chi connectivity index (χ1n) is 6.68. The zero-order valence-electron chi connectivity index (χ0n) is 12.7. The molecule has 0 aliphatic carbocycles. The Morgan fingerprint density at radius 2 is 1.33 bits per heavy atom. The van der Waals surface area contributed by atoms with Gasteiger partial charge in [0.15, 0.2) is 11.5 Å². The van der Waals surface area contributed by atoms with E-state index in [0.717, 1.165) is 11.5 Å². The van der Waals surface area contributed by atoms with Crippen LogP contribution in [0, 0.1) is 0 Å². The Labute approximate surface area is 111 Å². The molecule has 0 fully saturated rings. The van der Waals surface area contributed by atoms with E-state index in [0.29, 0.717) is 0 Å². The van der Waals surface area contributed by atoms with E-state index < -0.39 is 0 Å². The van der Waals surface area contributed by atoms with Crippen LogP contribution in [0.5, 0.6) is 11.5 Å². The summed E-state index contributed by atoms with van der Waals surface area (Å²) in [5, 5.41) is 0. The van der Waals surface area contributed by atoms with Crippen LogP contribution in [0.3, 0.4) is 0 Å². The van der Waals surface area contributed by atoms with E-state index in [1.54, 1.807) is 0 Å². The van der Waals surface area contributed by atoms with Crippen LogP contribution in [0.2, 0.25) is 0 Å². The van der Waals surface area contributed by atoms with Crippen molar-refractivity contribution >= 4 is 0 Å². The molecule has 1 rings (SSSR count). The summed E-state index contributed by atoms with van der Waals surface area (Å²) < 4.78 is 11.6. The second kappa shape index (κ2) is 5.64. The number of ether oxygens (including phenoxy) is 2. The van der Waals surface area contributed by atoms with E-state index in [2.05, 4.69) is 32.9 Å². The topological polar surface area (TPSA) is 18.5 Å². The maximum absolute atomic E-state index is 5.86. The molecule has 2 nitrogen and oxygen atoms in total. The fraction of sp³-hybridized carbons (Fsp3) is 0.625. The van der Waals surface area contributed by atoms with Gasteiger partial charge in [0.1, 0.15) is 0 Å². The SMILES string of the molecule is CC(C)Oc1ccc(C(C)(C)C)cc1OC(C)C. The normalized spacial score (nSPS) is 12.1. The molecule has 0 spiro atoms. The van der Waals surface area contributed by atoms with Crippen LogP contribution < -0.4 is 9.47 Å². The van der Waals surface area contributed by atoms with Crippen LogP contribution in [-0.2, 0) is 5.41 Å². The molecule has 0 unspecified atom stereocenters. The third kappa shape index (κ3) is 4.25. The van der Waals surface area contributed by atoms with Gasteiger partial charge in [0.2, 0.25) is 0 Å². The van der Waals surface area contributed by atoms with Crippen molar-refractivity contribution in [2.75, 3.05) is 0 Å². The highest BCUT2D eigenvalue weighted by Crippen LogP contribution is 2.34. The molecular formula is C16H26O2. The molecule has 18 heavy (non-hydrogen) atoms. The monoisotopic (exact) mass is 250 g/mol. The summed E-state index contributed by atoms with van der Waals surface area (Å²) in [6.07, 6.45) is 0.301. The third-order valence-electron chi connectivity index (χ3n) is 2.54. The Kier molecular flexibility index (Phi) is 4.66. The minimum atomic E-state index is 0.117. The lowest BCUT2D eigenvalue weighted by atomic mass is 9.87. The Hall–Kier alpha value is -1.18. The second-order valence-electron chi connectivity index (χ2n) is 6.24. The maximum atomic E-state index is 5.86. The zero-order valence-corrected chi connectivity index (χ0v) is 12.7. The second-order valence-corrected chi connectivity index (χ2v) is 6.24. The number of rotatable bonds is 4. The molecule has 0 radical (unpaired) electrons. The fourth-order valence-electron chi connectivity index (χ4n) is 1.67. The summed E-state index contributed by atoms with van der Waals surface area (Å²) in [5.74, 6) is 1.66. The highest BCUT2D eigenvalue weighted by atomic mass is 16.5. The minimum absolute atomic E-state index is 0.117. The number of benzene rings is 1. The Bertz CT molecular complexity index is 387.